The molecule has 1 aliphatic rings. The quantitative estimate of drug-likeness (QED) is 0.654. The maximum atomic E-state index is 12.5. The van der Waals surface area contributed by atoms with Crippen LogP contribution in [0.1, 0.15) is 34.6 Å². The number of benzene rings is 1. The molecule has 0 saturated heterocycles. The maximum absolute atomic E-state index is 12.5. The Bertz CT molecular complexity index is 1000. The number of nitrogens with one attached hydrogen (secondary N) is 2. The molecule has 0 saturated carbocycles. The molecule has 1 aromatic heterocycles. The van der Waals surface area contributed by atoms with Crippen LogP contribution in [0.3, 0.4) is 0 Å². The van der Waals surface area contributed by atoms with E-state index in [1.807, 2.05) is 24.3 Å². The van der Waals surface area contributed by atoms with Crippen molar-refractivity contribution in [3.8, 4) is 6.07 Å². The van der Waals surface area contributed by atoms with E-state index in [0.717, 1.165) is 17.5 Å². The monoisotopic (exact) mass is 439 g/mol. The first-order chi connectivity index (χ1) is 15.0. The molecule has 2 heterocycles. The summed E-state index contributed by atoms with van der Waals surface area (Å²) in [5, 5.41) is 24.9. The van der Waals surface area contributed by atoms with Crippen molar-refractivity contribution in [3.05, 3.63) is 64.4 Å². The second kappa shape index (κ2) is 10.5. The number of aromatic nitrogens is 1. The molecular weight excluding hydrogens is 418 g/mol. The van der Waals surface area contributed by atoms with Gasteiger partial charge in [0.2, 0.25) is 5.91 Å². The van der Waals surface area contributed by atoms with Gasteiger partial charge in [-0.3, -0.25) is 19.6 Å². The molecule has 160 valence electrons. The first kappa shape index (κ1) is 22.2. The summed E-state index contributed by atoms with van der Waals surface area (Å²) in [5.41, 5.74) is 2.10. The Kier molecular flexibility index (Phi) is 7.51. The maximum Gasteiger partial charge on any atom is 0.269 e. The highest BCUT2D eigenvalue weighted by atomic mass is 35.5. The predicted molar refractivity (Wildman–Crippen MR) is 114 cm³/mol. The normalized spacial score (nSPS) is 15.9. The summed E-state index contributed by atoms with van der Waals surface area (Å²) in [6.07, 6.45) is 2.36. The smallest absolute Gasteiger partial charge is 0.269 e. The van der Waals surface area contributed by atoms with Crippen molar-refractivity contribution >= 4 is 23.4 Å². The van der Waals surface area contributed by atoms with Crippen LogP contribution in [-0.2, 0) is 11.2 Å². The average Bonchev–Trinajstić information content (AvgIpc) is 3.26. The van der Waals surface area contributed by atoms with E-state index in [-0.39, 0.29) is 24.1 Å². The molecule has 0 fully saturated rings. The molecule has 31 heavy (non-hydrogen) atoms. The summed E-state index contributed by atoms with van der Waals surface area (Å²) in [4.78, 5) is 28.6. The van der Waals surface area contributed by atoms with Crippen LogP contribution < -0.4 is 10.6 Å². The van der Waals surface area contributed by atoms with E-state index < -0.39 is 12.1 Å². The van der Waals surface area contributed by atoms with Crippen molar-refractivity contribution in [1.29, 1.82) is 5.26 Å². The third-order valence-electron chi connectivity index (χ3n) is 4.75. The highest BCUT2D eigenvalue weighted by Crippen LogP contribution is 2.16. The number of carbonyl (C=O) groups is 2. The molecule has 0 spiro atoms. The van der Waals surface area contributed by atoms with Crippen molar-refractivity contribution in [2.45, 2.75) is 25.4 Å². The summed E-state index contributed by atoms with van der Waals surface area (Å²) < 4.78 is 0. The van der Waals surface area contributed by atoms with Gasteiger partial charge >= 0.3 is 0 Å². The number of carbonyl (C=O) groups excluding carboxylic acids is 2. The number of halogens is 1. The number of rotatable bonds is 8. The molecule has 2 aromatic rings. The van der Waals surface area contributed by atoms with E-state index in [4.69, 9.17) is 11.6 Å². The number of hydrogen-bond donors (Lipinski definition) is 2. The van der Waals surface area contributed by atoms with Gasteiger partial charge in [0.25, 0.3) is 5.91 Å². The zero-order valence-corrected chi connectivity index (χ0v) is 17.7. The SMILES string of the molecule is CCc1ccc(C(C#N)NC(=O)C2CN(CCNC(=O)c3cc(Cl)ccn3)N=N2)cc1. The van der Waals surface area contributed by atoms with Gasteiger partial charge in [-0.2, -0.15) is 10.4 Å². The van der Waals surface area contributed by atoms with E-state index in [1.54, 1.807) is 11.1 Å². The first-order valence-electron chi connectivity index (χ1n) is 9.84. The summed E-state index contributed by atoms with van der Waals surface area (Å²) in [6.45, 7) is 2.99. The van der Waals surface area contributed by atoms with Crippen LogP contribution >= 0.6 is 11.6 Å². The van der Waals surface area contributed by atoms with Crippen LogP contribution in [0.15, 0.2) is 52.9 Å². The van der Waals surface area contributed by atoms with Crippen LogP contribution in [-0.4, -0.2) is 47.5 Å². The second-order valence-corrected chi connectivity index (χ2v) is 7.35. The topological polar surface area (TPSA) is 123 Å². The van der Waals surface area contributed by atoms with Gasteiger partial charge in [-0.1, -0.05) is 48.0 Å². The highest BCUT2D eigenvalue weighted by molar-refractivity contribution is 6.30. The Hall–Kier alpha value is -3.51. The Morgan fingerprint density at radius 2 is 2.10 bits per heavy atom. The summed E-state index contributed by atoms with van der Waals surface area (Å²) >= 11 is 5.86. The fourth-order valence-electron chi connectivity index (χ4n) is 2.97. The largest absolute Gasteiger partial charge is 0.349 e. The first-order valence-corrected chi connectivity index (χ1v) is 10.2. The van der Waals surface area contributed by atoms with Crippen molar-refractivity contribution in [1.82, 2.24) is 20.6 Å². The van der Waals surface area contributed by atoms with Crippen molar-refractivity contribution < 1.29 is 9.59 Å². The minimum absolute atomic E-state index is 0.224. The number of amides is 2. The van der Waals surface area contributed by atoms with Crippen LogP contribution in [0.25, 0.3) is 0 Å². The number of nitrogens with zero attached hydrogens (tertiary/aromatic N) is 5. The van der Waals surface area contributed by atoms with Crippen molar-refractivity contribution in [2.24, 2.45) is 10.3 Å². The van der Waals surface area contributed by atoms with Crippen LogP contribution in [0.2, 0.25) is 5.02 Å². The fraction of sp³-hybridized carbons (Fsp3) is 0.333. The Morgan fingerprint density at radius 3 is 2.77 bits per heavy atom. The average molecular weight is 440 g/mol. The second-order valence-electron chi connectivity index (χ2n) is 6.91. The molecule has 0 aliphatic carbocycles. The molecular formula is C21H22ClN7O2. The van der Waals surface area contributed by atoms with Gasteiger partial charge in [0, 0.05) is 17.8 Å². The number of aryl methyl sites for hydroxylation is 1. The molecule has 3 rings (SSSR count). The van der Waals surface area contributed by atoms with Crippen LogP contribution in [0, 0.1) is 11.3 Å². The number of nitriles is 1. The minimum Gasteiger partial charge on any atom is -0.349 e. The molecule has 10 heteroatoms. The van der Waals surface area contributed by atoms with Crippen molar-refractivity contribution in [3.63, 3.8) is 0 Å². The molecule has 9 nitrogen and oxygen atoms in total. The molecule has 2 amide bonds. The van der Waals surface area contributed by atoms with Gasteiger partial charge in [-0.15, -0.1) is 0 Å². The fourth-order valence-corrected chi connectivity index (χ4v) is 3.13. The third-order valence-corrected chi connectivity index (χ3v) is 4.99. The molecule has 1 aliphatic heterocycles. The minimum atomic E-state index is -0.757. The molecule has 0 bridgehead atoms. The van der Waals surface area contributed by atoms with Crippen LogP contribution in [0.5, 0.6) is 0 Å². The lowest BCUT2D eigenvalue weighted by molar-refractivity contribution is -0.122. The van der Waals surface area contributed by atoms with Crippen LogP contribution in [0.4, 0.5) is 0 Å². The summed E-state index contributed by atoms with van der Waals surface area (Å²) in [7, 11) is 0. The van der Waals surface area contributed by atoms with Gasteiger partial charge in [-0.25, -0.2) is 0 Å². The van der Waals surface area contributed by atoms with Crippen molar-refractivity contribution in [2.75, 3.05) is 19.6 Å². The van der Waals surface area contributed by atoms with Gasteiger partial charge in [-0.05, 0) is 29.7 Å². The lowest BCUT2D eigenvalue weighted by Crippen LogP contribution is -2.40. The Morgan fingerprint density at radius 1 is 1.32 bits per heavy atom. The van der Waals surface area contributed by atoms with E-state index in [2.05, 4.69) is 38.9 Å². The van der Waals surface area contributed by atoms with Gasteiger partial charge in [0.15, 0.2) is 6.04 Å². The zero-order chi connectivity index (χ0) is 22.2. The Labute approximate surface area is 185 Å². The van der Waals surface area contributed by atoms with E-state index in [0.29, 0.717) is 18.1 Å². The molecule has 2 unspecified atom stereocenters. The third kappa shape index (κ3) is 5.99. The van der Waals surface area contributed by atoms with E-state index >= 15 is 0 Å². The molecule has 1 aromatic carbocycles. The highest BCUT2D eigenvalue weighted by Gasteiger charge is 2.28. The van der Waals surface area contributed by atoms with E-state index in [9.17, 15) is 14.9 Å². The Balaban J connectivity index is 1.45. The predicted octanol–water partition coefficient (Wildman–Crippen LogP) is 2.46. The zero-order valence-electron chi connectivity index (χ0n) is 17.0. The molecule has 2 N–H and O–H groups in total. The van der Waals surface area contributed by atoms with Gasteiger partial charge < -0.3 is 10.6 Å². The summed E-state index contributed by atoms with van der Waals surface area (Å²) in [5.74, 6) is -0.719. The number of hydrogen-bond acceptors (Lipinski definition) is 7. The van der Waals surface area contributed by atoms with Gasteiger partial charge in [0.1, 0.15) is 11.7 Å². The van der Waals surface area contributed by atoms with E-state index in [1.165, 1.54) is 12.3 Å². The lowest BCUT2D eigenvalue weighted by atomic mass is 10.0. The molecule has 0 radical (unpaired) electrons. The standard InChI is InChI=1S/C21H22ClN7O2/c1-2-14-3-5-15(6-4-14)18(12-23)26-21(31)19-13-29(28-27-19)10-9-25-20(30)17-11-16(22)7-8-24-17/h3-8,11,18-19H,2,9-10,13H2,1H3,(H,25,30)(H,26,31). The number of pyridine rings is 1. The summed E-state index contributed by atoms with van der Waals surface area (Å²) in [6, 6.07) is 11.3. The lowest BCUT2D eigenvalue weighted by Gasteiger charge is -2.16. The molecule has 2 atom stereocenters. The van der Waals surface area contributed by atoms with Gasteiger partial charge in [0.05, 0.1) is 19.2 Å².